The molecule has 0 aliphatic rings. The number of para-hydroxylation sites is 1. The smallest absolute Gasteiger partial charge is 0.675 e. The molecule has 2 aromatic rings. The minimum Gasteiger partial charge on any atom is -0.675 e. The van der Waals surface area contributed by atoms with Gasteiger partial charge in [-0.15, -0.1) is 5.69 Å². The van der Waals surface area contributed by atoms with Gasteiger partial charge in [0, 0.05) is 14.1 Å². The molecule has 0 amide bonds. The number of aryl methyl sites for hydroxylation is 2. The maximum absolute atomic E-state index is 5.32. The Bertz CT molecular complexity index is 695. The quantitative estimate of drug-likeness (QED) is 0.235. The van der Waals surface area contributed by atoms with Crippen LogP contribution in [0, 0.1) is 20.3 Å². The number of nitrogens with zero attached hydrogens (tertiary/aromatic N) is 1. The van der Waals surface area contributed by atoms with E-state index in [0.29, 0.717) is 10.3 Å². The zero-order valence-corrected chi connectivity index (χ0v) is 22.7. The van der Waals surface area contributed by atoms with Gasteiger partial charge in [-0.1, -0.05) is 71.3 Å². The summed E-state index contributed by atoms with van der Waals surface area (Å²) in [6.45, 7) is 22.8. The first kappa shape index (κ1) is 29.2. The first-order chi connectivity index (χ1) is 13.4. The van der Waals surface area contributed by atoms with Crippen LogP contribution in [0.1, 0.15) is 78.1 Å². The van der Waals surface area contributed by atoms with E-state index in [1.165, 1.54) is 22.4 Å². The van der Waals surface area contributed by atoms with Gasteiger partial charge in [-0.2, -0.15) is 13.8 Å². The van der Waals surface area contributed by atoms with Crippen LogP contribution in [-0.4, -0.2) is 16.5 Å². The van der Waals surface area contributed by atoms with E-state index in [2.05, 4.69) is 104 Å². The minimum atomic E-state index is -0.660. The van der Waals surface area contributed by atoms with Gasteiger partial charge in [0.05, 0.1) is 10.3 Å². The van der Waals surface area contributed by atoms with E-state index >= 15 is 0 Å². The second kappa shape index (κ2) is 12.9. The molecule has 0 fully saturated rings. The van der Waals surface area contributed by atoms with E-state index in [9.17, 15) is 0 Å². The molecule has 3 heteroatoms. The van der Waals surface area contributed by atoms with Gasteiger partial charge in [0.2, 0.25) is 0 Å². The van der Waals surface area contributed by atoms with E-state index in [1.54, 1.807) is 0 Å². The predicted octanol–water partition coefficient (Wildman–Crippen LogP) is 9.09. The average molecular weight is 471 g/mol. The molecule has 0 spiro atoms. The van der Waals surface area contributed by atoms with Crippen LogP contribution in [0.15, 0.2) is 48.5 Å². The Morgan fingerprint density at radius 1 is 0.800 bits per heavy atom. The van der Waals surface area contributed by atoms with Gasteiger partial charge in [-0.05, 0) is 55.4 Å². The van der Waals surface area contributed by atoms with Crippen LogP contribution in [-0.2, 0) is 16.5 Å². The van der Waals surface area contributed by atoms with Crippen molar-refractivity contribution in [3.63, 3.8) is 0 Å². The van der Waals surface area contributed by atoms with Crippen LogP contribution in [0.25, 0.3) is 5.32 Å². The van der Waals surface area contributed by atoms with Crippen molar-refractivity contribution in [3.05, 3.63) is 77.0 Å². The van der Waals surface area contributed by atoms with Crippen molar-refractivity contribution in [1.29, 1.82) is 0 Å². The van der Waals surface area contributed by atoms with Crippen molar-refractivity contribution in [2.45, 2.75) is 85.6 Å². The van der Waals surface area contributed by atoms with E-state index in [0.717, 1.165) is 6.16 Å². The molecule has 1 nitrogen and oxygen atoms in total. The van der Waals surface area contributed by atoms with Gasteiger partial charge in [0.15, 0.2) is 0 Å². The summed E-state index contributed by atoms with van der Waals surface area (Å²) in [6, 6.07) is 17.6. The number of rotatable bonds is 5. The van der Waals surface area contributed by atoms with E-state index in [1.807, 2.05) is 20.3 Å². The largest absolute Gasteiger partial charge is 2.00 e. The summed E-state index contributed by atoms with van der Waals surface area (Å²) in [5.41, 5.74) is 5.05. The van der Waals surface area contributed by atoms with Crippen LogP contribution in [0.5, 0.6) is 0 Å². The fourth-order valence-corrected chi connectivity index (χ4v) is 8.20. The molecule has 0 radical (unpaired) electrons. The standard InChI is InChI=1S/C24H35NP.C3H7.Ni/c1-18-13-12-14-19(2)22(18)25-21(20-15-10-9-11-16-20)17-26(23(3,4)5)24(6,7)8;1-3-2;/h9-16,21H,17H2,1-8H3;3H,1-2H3;/q2*-1;+2/p+1. The molecule has 0 saturated carbocycles. The molecule has 0 heterocycles. The summed E-state index contributed by atoms with van der Waals surface area (Å²) in [4.78, 5) is 0. The molecule has 0 saturated heterocycles. The van der Waals surface area contributed by atoms with E-state index in [4.69, 9.17) is 5.32 Å². The molecule has 1 atom stereocenters. The van der Waals surface area contributed by atoms with E-state index < -0.39 is 7.92 Å². The summed E-state index contributed by atoms with van der Waals surface area (Å²) in [5.74, 6) is 0. The maximum Gasteiger partial charge on any atom is 2.00 e. The third-order valence-corrected chi connectivity index (χ3v) is 9.53. The van der Waals surface area contributed by atoms with Crippen molar-refractivity contribution >= 4 is 13.6 Å². The monoisotopic (exact) mass is 470 g/mol. The van der Waals surface area contributed by atoms with Gasteiger partial charge in [0.1, 0.15) is 0 Å². The zero-order chi connectivity index (χ0) is 22.2. The minimum absolute atomic E-state index is 0. The second-order valence-corrected chi connectivity index (χ2v) is 14.4. The van der Waals surface area contributed by atoms with Crippen molar-refractivity contribution in [2.24, 2.45) is 0 Å². The molecule has 2 rings (SSSR count). The summed E-state index contributed by atoms with van der Waals surface area (Å²) < 4.78 is 0. The molecule has 30 heavy (non-hydrogen) atoms. The second-order valence-electron chi connectivity index (χ2n) is 10.1. The van der Waals surface area contributed by atoms with Crippen molar-refractivity contribution in [2.75, 3.05) is 6.16 Å². The molecular weight excluding hydrogens is 428 g/mol. The number of benzene rings is 2. The molecule has 0 N–H and O–H groups in total. The van der Waals surface area contributed by atoms with Crippen molar-refractivity contribution in [3.8, 4) is 0 Å². The molecule has 1 unspecified atom stereocenters. The van der Waals surface area contributed by atoms with Crippen LogP contribution in [0.4, 0.5) is 5.69 Å². The molecule has 0 aliphatic carbocycles. The Morgan fingerprint density at radius 2 is 1.23 bits per heavy atom. The topological polar surface area (TPSA) is 14.1 Å². The summed E-state index contributed by atoms with van der Waals surface area (Å²) in [5, 5.41) is 6.00. The molecular formula is C27H43NNiP+. The van der Waals surface area contributed by atoms with Crippen LogP contribution in [0.3, 0.4) is 0 Å². The molecule has 170 valence electrons. The van der Waals surface area contributed by atoms with Gasteiger partial charge >= 0.3 is 16.5 Å². The molecule has 0 aliphatic heterocycles. The Balaban J connectivity index is 0.00000198. The fourth-order valence-electron chi connectivity index (χ4n) is 4.01. The van der Waals surface area contributed by atoms with Crippen molar-refractivity contribution < 1.29 is 16.5 Å². The first-order valence-corrected chi connectivity index (χ1v) is 12.5. The fraction of sp³-hybridized carbons (Fsp3) is 0.519. The Kier molecular flexibility index (Phi) is 12.5. The van der Waals surface area contributed by atoms with Crippen LogP contribution < -0.4 is 0 Å². The van der Waals surface area contributed by atoms with Crippen molar-refractivity contribution in [1.82, 2.24) is 0 Å². The molecule has 0 bridgehead atoms. The number of hydrogen-bond acceptors (Lipinski definition) is 0. The molecule has 2 aromatic carbocycles. The average Bonchev–Trinajstić information content (AvgIpc) is 2.60. The van der Waals surface area contributed by atoms with Gasteiger partial charge in [0.25, 0.3) is 0 Å². The van der Waals surface area contributed by atoms with Gasteiger partial charge < -0.3 is 11.7 Å². The van der Waals surface area contributed by atoms with Crippen LogP contribution in [0.2, 0.25) is 0 Å². The Labute approximate surface area is 198 Å². The van der Waals surface area contributed by atoms with Gasteiger partial charge in [-0.25, -0.2) is 0 Å². The third kappa shape index (κ3) is 9.12. The van der Waals surface area contributed by atoms with Gasteiger partial charge in [-0.3, -0.25) is 0 Å². The summed E-state index contributed by atoms with van der Waals surface area (Å²) >= 11 is 0. The Hall–Kier alpha value is -0.836. The Morgan fingerprint density at radius 3 is 1.63 bits per heavy atom. The third-order valence-electron chi connectivity index (χ3n) is 5.12. The summed E-state index contributed by atoms with van der Waals surface area (Å²) in [7, 11) is -0.660. The molecule has 0 aromatic heterocycles. The SMILES string of the molecule is C[CH-]C.Cc1cccc(C)c1[N-]C(C[PH+](C(C)(C)C)C(C)(C)C)c1ccccc1.[Ni+2]. The summed E-state index contributed by atoms with van der Waals surface area (Å²) in [6.07, 6.45) is 3.16. The zero-order valence-electron chi connectivity index (χ0n) is 20.7. The number of hydrogen-bond donors (Lipinski definition) is 0. The van der Waals surface area contributed by atoms with Crippen LogP contribution >= 0.6 is 7.92 Å². The first-order valence-electron chi connectivity index (χ1n) is 10.8. The van der Waals surface area contributed by atoms with E-state index in [-0.39, 0.29) is 22.5 Å². The maximum atomic E-state index is 5.32. The normalized spacial score (nSPS) is 12.5. The predicted molar refractivity (Wildman–Crippen MR) is 136 cm³/mol.